The van der Waals surface area contributed by atoms with E-state index in [0.29, 0.717) is 12.5 Å². The Balaban J connectivity index is 2.08. The van der Waals surface area contributed by atoms with Gasteiger partial charge in [-0.2, -0.15) is 15.0 Å². The normalized spacial score (nSPS) is 10.1. The molecule has 1 aromatic carbocycles. The van der Waals surface area contributed by atoms with Gasteiger partial charge in [-0.05, 0) is 17.7 Å². The number of nitrogens with zero attached hydrogens (tertiary/aromatic N) is 3. The Labute approximate surface area is 109 Å². The molecule has 1 heterocycles. The van der Waals surface area contributed by atoms with Crippen LogP contribution < -0.4 is 21.3 Å². The van der Waals surface area contributed by atoms with Crippen molar-refractivity contribution in [2.45, 2.75) is 6.54 Å². The molecule has 7 nitrogen and oxygen atoms in total. The molecule has 2 rings (SSSR count). The van der Waals surface area contributed by atoms with E-state index >= 15 is 0 Å². The van der Waals surface area contributed by atoms with Crippen molar-refractivity contribution in [2.75, 3.05) is 17.9 Å². The highest BCUT2D eigenvalue weighted by Crippen LogP contribution is 2.11. The second kappa shape index (κ2) is 5.91. The summed E-state index contributed by atoms with van der Waals surface area (Å²) in [6.45, 7) is 0.442. The van der Waals surface area contributed by atoms with Crippen LogP contribution >= 0.6 is 0 Å². The zero-order valence-corrected chi connectivity index (χ0v) is 10.2. The maximum Gasteiger partial charge on any atom is 0.322 e. The summed E-state index contributed by atoms with van der Waals surface area (Å²) in [5, 5.41) is 2.97. The van der Waals surface area contributed by atoms with Crippen LogP contribution in [0.2, 0.25) is 0 Å². The number of hydrogen-bond acceptors (Lipinski definition) is 7. The van der Waals surface area contributed by atoms with Gasteiger partial charge in [-0.1, -0.05) is 12.1 Å². The Morgan fingerprint density at radius 2 is 1.84 bits per heavy atom. The molecule has 100 valence electrons. The minimum Gasteiger partial charge on any atom is -0.467 e. The number of benzene rings is 1. The van der Waals surface area contributed by atoms with Crippen molar-refractivity contribution in [3.8, 4) is 6.01 Å². The zero-order valence-electron chi connectivity index (χ0n) is 10.2. The zero-order chi connectivity index (χ0) is 13.7. The van der Waals surface area contributed by atoms with E-state index < -0.39 is 0 Å². The number of nitrogens with one attached hydrogen (secondary N) is 2. The predicted octanol–water partition coefficient (Wildman–Crippen LogP) is 0.917. The molecule has 1 aromatic heterocycles. The van der Waals surface area contributed by atoms with E-state index in [2.05, 4.69) is 25.7 Å². The van der Waals surface area contributed by atoms with Crippen LogP contribution in [-0.2, 0) is 6.54 Å². The number of nitrogens with two attached hydrogens (primary N) is 1. The maximum atomic E-state index is 12.8. The van der Waals surface area contributed by atoms with Gasteiger partial charge >= 0.3 is 6.01 Å². The van der Waals surface area contributed by atoms with Crippen LogP contribution in [0.15, 0.2) is 24.3 Å². The first kappa shape index (κ1) is 13.0. The number of hydrazine groups is 1. The third-order valence-corrected chi connectivity index (χ3v) is 2.29. The van der Waals surface area contributed by atoms with Gasteiger partial charge < -0.3 is 10.1 Å². The molecule has 19 heavy (non-hydrogen) atoms. The fraction of sp³-hybridized carbons (Fsp3) is 0.182. The number of hydrogen-bond donors (Lipinski definition) is 3. The molecule has 0 unspecified atom stereocenters. The molecule has 0 amide bonds. The van der Waals surface area contributed by atoms with Crippen molar-refractivity contribution in [2.24, 2.45) is 5.84 Å². The molecular weight excluding hydrogens is 251 g/mol. The van der Waals surface area contributed by atoms with Crippen molar-refractivity contribution < 1.29 is 9.13 Å². The standard InChI is InChI=1S/C11H13FN6O/c1-19-11-16-9(15-10(17-11)18-13)14-6-7-2-4-8(12)5-3-7/h2-5H,6,13H2,1H3,(H2,14,15,16,17,18). The average Bonchev–Trinajstić information content (AvgIpc) is 2.46. The summed E-state index contributed by atoms with van der Waals surface area (Å²) in [4.78, 5) is 11.9. The first-order valence-corrected chi connectivity index (χ1v) is 5.46. The Hall–Kier alpha value is -2.48. The molecule has 0 bridgehead atoms. The van der Waals surface area contributed by atoms with Crippen molar-refractivity contribution in [1.29, 1.82) is 0 Å². The summed E-state index contributed by atoms with van der Waals surface area (Å²) in [5.74, 6) is 5.46. The molecule has 0 aliphatic rings. The molecule has 0 saturated carbocycles. The van der Waals surface area contributed by atoms with E-state index in [1.165, 1.54) is 19.2 Å². The van der Waals surface area contributed by atoms with Crippen LogP contribution in [0.3, 0.4) is 0 Å². The molecule has 8 heteroatoms. The van der Waals surface area contributed by atoms with Gasteiger partial charge in [-0.15, -0.1) is 0 Å². The molecule has 0 fully saturated rings. The summed E-state index contributed by atoms with van der Waals surface area (Å²) in [6, 6.07) is 6.26. The van der Waals surface area contributed by atoms with E-state index in [0.717, 1.165) is 5.56 Å². The molecular formula is C11H13FN6O. The van der Waals surface area contributed by atoms with Gasteiger partial charge in [0.15, 0.2) is 0 Å². The molecule has 0 spiro atoms. The topological polar surface area (TPSA) is 98.0 Å². The fourth-order valence-corrected chi connectivity index (χ4v) is 1.37. The number of anilines is 2. The first-order chi connectivity index (χ1) is 9.21. The Morgan fingerprint density at radius 3 is 2.47 bits per heavy atom. The summed E-state index contributed by atoms with van der Waals surface area (Å²) in [7, 11) is 1.44. The maximum absolute atomic E-state index is 12.8. The van der Waals surface area contributed by atoms with Gasteiger partial charge in [0.1, 0.15) is 5.82 Å². The Kier molecular flexibility index (Phi) is 4.04. The second-order valence-corrected chi connectivity index (χ2v) is 3.59. The highest BCUT2D eigenvalue weighted by Gasteiger charge is 2.05. The van der Waals surface area contributed by atoms with Gasteiger partial charge in [-0.25, -0.2) is 10.2 Å². The van der Waals surface area contributed by atoms with Gasteiger partial charge in [0.05, 0.1) is 7.11 Å². The van der Waals surface area contributed by atoms with Crippen LogP contribution in [0, 0.1) is 5.82 Å². The van der Waals surface area contributed by atoms with E-state index in [-0.39, 0.29) is 17.8 Å². The van der Waals surface area contributed by atoms with Crippen molar-refractivity contribution >= 4 is 11.9 Å². The van der Waals surface area contributed by atoms with Crippen LogP contribution in [0.1, 0.15) is 5.56 Å². The minimum atomic E-state index is -0.278. The summed E-state index contributed by atoms with van der Waals surface area (Å²) in [6.07, 6.45) is 0. The Bertz CT molecular complexity index is 525. The predicted molar refractivity (Wildman–Crippen MR) is 67.9 cm³/mol. The first-order valence-electron chi connectivity index (χ1n) is 5.46. The van der Waals surface area contributed by atoms with Gasteiger partial charge in [0.25, 0.3) is 0 Å². The lowest BCUT2D eigenvalue weighted by molar-refractivity contribution is 0.379. The number of methoxy groups -OCH3 is 1. The number of nitrogen functional groups attached to an aromatic ring is 1. The quantitative estimate of drug-likeness (QED) is 0.545. The number of ether oxygens (including phenoxy) is 1. The highest BCUT2D eigenvalue weighted by molar-refractivity contribution is 5.35. The number of halogens is 1. The fourth-order valence-electron chi connectivity index (χ4n) is 1.37. The van der Waals surface area contributed by atoms with Crippen molar-refractivity contribution in [3.63, 3.8) is 0 Å². The summed E-state index contributed by atoms with van der Waals surface area (Å²) < 4.78 is 17.7. The SMILES string of the molecule is COc1nc(NN)nc(NCc2ccc(F)cc2)n1. The largest absolute Gasteiger partial charge is 0.467 e. The van der Waals surface area contributed by atoms with E-state index in [1.807, 2.05) is 0 Å². The van der Waals surface area contributed by atoms with Gasteiger partial charge in [-0.3, -0.25) is 5.43 Å². The summed E-state index contributed by atoms with van der Waals surface area (Å²) in [5.41, 5.74) is 3.21. The highest BCUT2D eigenvalue weighted by atomic mass is 19.1. The number of aromatic nitrogens is 3. The molecule has 0 radical (unpaired) electrons. The number of rotatable bonds is 5. The van der Waals surface area contributed by atoms with Crippen LogP contribution in [0.25, 0.3) is 0 Å². The minimum absolute atomic E-state index is 0.143. The van der Waals surface area contributed by atoms with E-state index in [1.54, 1.807) is 12.1 Å². The average molecular weight is 264 g/mol. The lowest BCUT2D eigenvalue weighted by Crippen LogP contribution is -2.14. The Morgan fingerprint density at radius 1 is 1.16 bits per heavy atom. The molecule has 2 aromatic rings. The van der Waals surface area contributed by atoms with Gasteiger partial charge in [0.2, 0.25) is 11.9 Å². The molecule has 0 atom stereocenters. The molecule has 0 aliphatic heterocycles. The van der Waals surface area contributed by atoms with E-state index in [9.17, 15) is 4.39 Å². The van der Waals surface area contributed by atoms with Crippen LogP contribution in [0.4, 0.5) is 16.3 Å². The summed E-state index contributed by atoms with van der Waals surface area (Å²) >= 11 is 0. The van der Waals surface area contributed by atoms with Crippen molar-refractivity contribution in [3.05, 3.63) is 35.6 Å². The van der Waals surface area contributed by atoms with Gasteiger partial charge in [0, 0.05) is 6.54 Å². The lowest BCUT2D eigenvalue weighted by atomic mass is 10.2. The molecule has 0 aliphatic carbocycles. The molecule has 0 saturated heterocycles. The third-order valence-electron chi connectivity index (χ3n) is 2.29. The third kappa shape index (κ3) is 3.49. The van der Waals surface area contributed by atoms with Crippen LogP contribution in [0.5, 0.6) is 6.01 Å². The second-order valence-electron chi connectivity index (χ2n) is 3.59. The monoisotopic (exact) mass is 264 g/mol. The van der Waals surface area contributed by atoms with E-state index in [4.69, 9.17) is 10.6 Å². The van der Waals surface area contributed by atoms with Crippen molar-refractivity contribution in [1.82, 2.24) is 15.0 Å². The smallest absolute Gasteiger partial charge is 0.322 e. The van der Waals surface area contributed by atoms with Crippen LogP contribution in [-0.4, -0.2) is 22.1 Å². The lowest BCUT2D eigenvalue weighted by Gasteiger charge is -2.07. The molecule has 4 N–H and O–H groups in total.